The number of carbonyl (C=O) groups excluding carboxylic acids is 3. The van der Waals surface area contributed by atoms with E-state index in [0.29, 0.717) is 17.0 Å². The quantitative estimate of drug-likeness (QED) is 0.212. The Morgan fingerprint density at radius 3 is 1.80 bits per heavy atom. The Bertz CT molecular complexity index is 1460. The number of imide groups is 1. The van der Waals surface area contributed by atoms with Crippen molar-refractivity contribution in [3.05, 3.63) is 81.4 Å². The molecule has 1 aromatic heterocycles. The van der Waals surface area contributed by atoms with E-state index in [1.165, 1.54) is 0 Å². The van der Waals surface area contributed by atoms with Crippen molar-refractivity contribution in [3.63, 3.8) is 0 Å². The number of nitrogens with one attached hydrogen (secondary N) is 2. The van der Waals surface area contributed by atoms with Crippen LogP contribution in [0.4, 0.5) is 49.4 Å². The van der Waals surface area contributed by atoms with Gasteiger partial charge in [0.05, 0.1) is 17.3 Å². The number of halogens is 9. The minimum Gasteiger partial charge on any atom is -0.273 e. The number of alkyl halides is 9. The summed E-state index contributed by atoms with van der Waals surface area (Å²) in [5.74, 6) is -2.59. The van der Waals surface area contributed by atoms with Gasteiger partial charge in [0.1, 0.15) is 4.88 Å². The third-order valence-corrected chi connectivity index (χ3v) is 6.13. The monoisotopic (exact) mass is 611 g/mol. The van der Waals surface area contributed by atoms with Crippen LogP contribution in [0.3, 0.4) is 0 Å². The summed E-state index contributed by atoms with van der Waals surface area (Å²) < 4.78 is 117. The smallest absolute Gasteiger partial charge is 0.273 e. The molecule has 0 radical (unpaired) electrons. The SMILES string of the molecule is CN(C(=O)NC(=O)c1ccc(C(F)(F)F)cc1)c1nc(C(F)(F)F)c(C(=O)N/N=C/c2ccc(C(F)(F)F)cc2)s1. The largest absolute Gasteiger partial charge is 0.435 e. The van der Waals surface area contributed by atoms with E-state index < -0.39 is 63.2 Å². The molecule has 0 aliphatic rings. The van der Waals surface area contributed by atoms with E-state index in [1.807, 2.05) is 0 Å². The molecule has 4 amide bonds. The number of carbonyl (C=O) groups is 3. The molecule has 218 valence electrons. The number of amides is 4. The fraction of sp³-hybridized carbons (Fsp3) is 0.174. The van der Waals surface area contributed by atoms with Crippen molar-refractivity contribution in [3.8, 4) is 0 Å². The van der Waals surface area contributed by atoms with Crippen LogP contribution < -0.4 is 15.6 Å². The minimum absolute atomic E-state index is 0.0773. The Hall–Kier alpha value is -4.48. The minimum atomic E-state index is -5.17. The van der Waals surface area contributed by atoms with Gasteiger partial charge < -0.3 is 0 Å². The van der Waals surface area contributed by atoms with Crippen LogP contribution in [0.15, 0.2) is 53.6 Å². The fourth-order valence-corrected chi connectivity index (χ4v) is 3.86. The molecule has 2 aromatic carbocycles. The standard InChI is InChI=1S/C23H14F9N5O3S/c1-37(19(40)35-17(38)12-4-8-14(9-5-12)22(27,28)29)20-34-16(23(30,31)32)15(41-20)18(39)36-33-10-11-2-6-13(7-3-11)21(24,25)26/h2-10H,1H3,(H,36,39)(H,35,38,40)/b33-10+. The van der Waals surface area contributed by atoms with Crippen molar-refractivity contribution < 1.29 is 53.9 Å². The van der Waals surface area contributed by atoms with Crippen LogP contribution in [-0.2, 0) is 18.5 Å². The molecule has 0 atom stereocenters. The van der Waals surface area contributed by atoms with Gasteiger partial charge in [-0.3, -0.25) is 19.8 Å². The highest BCUT2D eigenvalue weighted by Crippen LogP contribution is 2.37. The number of benzene rings is 2. The van der Waals surface area contributed by atoms with E-state index in [-0.39, 0.29) is 22.5 Å². The second kappa shape index (κ2) is 11.6. The van der Waals surface area contributed by atoms with Gasteiger partial charge >= 0.3 is 24.6 Å². The number of thiazole rings is 1. The summed E-state index contributed by atoms with van der Waals surface area (Å²) in [7, 11) is 0.915. The molecule has 0 aliphatic carbocycles. The maximum absolute atomic E-state index is 13.5. The lowest BCUT2D eigenvalue weighted by Gasteiger charge is -2.14. The highest BCUT2D eigenvalue weighted by Gasteiger charge is 2.40. The van der Waals surface area contributed by atoms with E-state index in [1.54, 1.807) is 10.7 Å². The van der Waals surface area contributed by atoms with Crippen molar-refractivity contribution in [2.24, 2.45) is 5.10 Å². The lowest BCUT2D eigenvalue weighted by Crippen LogP contribution is -2.40. The van der Waals surface area contributed by atoms with Crippen LogP contribution >= 0.6 is 11.3 Å². The first-order chi connectivity index (χ1) is 18.9. The van der Waals surface area contributed by atoms with Crippen molar-refractivity contribution in [1.29, 1.82) is 0 Å². The van der Waals surface area contributed by atoms with Gasteiger partial charge in [0.15, 0.2) is 10.8 Å². The van der Waals surface area contributed by atoms with Crippen LogP contribution in [0.25, 0.3) is 0 Å². The highest BCUT2D eigenvalue weighted by atomic mass is 32.1. The lowest BCUT2D eigenvalue weighted by atomic mass is 10.1. The van der Waals surface area contributed by atoms with Gasteiger partial charge in [-0.05, 0) is 42.0 Å². The Labute approximate surface area is 227 Å². The van der Waals surface area contributed by atoms with Gasteiger partial charge in [-0.1, -0.05) is 23.5 Å². The van der Waals surface area contributed by atoms with Crippen LogP contribution in [0.2, 0.25) is 0 Å². The Balaban J connectivity index is 1.73. The molecule has 0 saturated carbocycles. The Morgan fingerprint density at radius 1 is 0.805 bits per heavy atom. The number of hydrogen-bond acceptors (Lipinski definition) is 6. The van der Waals surface area contributed by atoms with E-state index >= 15 is 0 Å². The molecule has 0 unspecified atom stereocenters. The summed E-state index contributed by atoms with van der Waals surface area (Å²) in [6, 6.07) is 4.88. The second-order valence-corrected chi connectivity index (χ2v) is 8.86. The average molecular weight is 611 g/mol. The van der Waals surface area contributed by atoms with E-state index in [0.717, 1.165) is 49.7 Å². The molecule has 8 nitrogen and oxygen atoms in total. The second-order valence-electron chi connectivity index (χ2n) is 7.88. The Kier molecular flexibility index (Phi) is 8.75. The first-order valence-electron chi connectivity index (χ1n) is 10.7. The summed E-state index contributed by atoms with van der Waals surface area (Å²) >= 11 is 0.0962. The molecule has 3 rings (SSSR count). The fourth-order valence-electron chi connectivity index (χ4n) is 2.92. The summed E-state index contributed by atoms with van der Waals surface area (Å²) in [5, 5.41) is 4.50. The van der Waals surface area contributed by atoms with Crippen molar-refractivity contribution in [2.75, 3.05) is 11.9 Å². The summed E-state index contributed by atoms with van der Waals surface area (Å²) in [6.45, 7) is 0. The van der Waals surface area contributed by atoms with Gasteiger partial charge in [-0.15, -0.1) is 0 Å². The van der Waals surface area contributed by atoms with E-state index in [4.69, 9.17) is 0 Å². The van der Waals surface area contributed by atoms with Crippen molar-refractivity contribution in [1.82, 2.24) is 15.7 Å². The lowest BCUT2D eigenvalue weighted by molar-refractivity contribution is -0.141. The normalized spacial score (nSPS) is 12.3. The van der Waals surface area contributed by atoms with Crippen LogP contribution in [0.1, 0.15) is 42.4 Å². The predicted octanol–water partition coefficient (Wildman–Crippen LogP) is 5.95. The number of anilines is 1. The molecule has 1 heterocycles. The Morgan fingerprint density at radius 2 is 1.32 bits per heavy atom. The third-order valence-electron chi connectivity index (χ3n) is 4.99. The molecule has 2 N–H and O–H groups in total. The molecule has 0 spiro atoms. The van der Waals surface area contributed by atoms with Gasteiger partial charge in [-0.25, -0.2) is 15.2 Å². The molecular formula is C23H14F9N5O3S. The molecule has 0 saturated heterocycles. The van der Waals surface area contributed by atoms with Crippen LogP contribution in [0.5, 0.6) is 0 Å². The summed E-state index contributed by atoms with van der Waals surface area (Å²) in [5.41, 5.74) is -2.22. The zero-order chi connectivity index (χ0) is 30.8. The number of hydrogen-bond donors (Lipinski definition) is 2. The molecular weight excluding hydrogens is 597 g/mol. The number of rotatable bonds is 5. The van der Waals surface area contributed by atoms with Crippen LogP contribution in [0, 0.1) is 0 Å². The number of urea groups is 1. The average Bonchev–Trinajstić information content (AvgIpc) is 3.34. The molecule has 0 bridgehead atoms. The number of aromatic nitrogens is 1. The molecule has 18 heteroatoms. The topological polar surface area (TPSA) is 104 Å². The third kappa shape index (κ3) is 7.80. The number of hydrazone groups is 1. The summed E-state index contributed by atoms with van der Waals surface area (Å²) in [6.07, 6.45) is -13.6. The zero-order valence-electron chi connectivity index (χ0n) is 20.1. The maximum atomic E-state index is 13.5. The van der Waals surface area contributed by atoms with Gasteiger partial charge in [-0.2, -0.15) is 44.6 Å². The van der Waals surface area contributed by atoms with Gasteiger partial charge in [0, 0.05) is 12.6 Å². The number of nitrogens with zero attached hydrogens (tertiary/aromatic N) is 3. The zero-order valence-corrected chi connectivity index (χ0v) is 20.9. The first kappa shape index (κ1) is 31.1. The van der Waals surface area contributed by atoms with Crippen LogP contribution in [-0.4, -0.2) is 36.1 Å². The van der Waals surface area contributed by atoms with Gasteiger partial charge in [0.25, 0.3) is 11.8 Å². The maximum Gasteiger partial charge on any atom is 0.435 e. The highest BCUT2D eigenvalue weighted by molar-refractivity contribution is 7.17. The van der Waals surface area contributed by atoms with E-state index in [2.05, 4.69) is 10.1 Å². The molecule has 3 aromatic rings. The molecule has 41 heavy (non-hydrogen) atoms. The van der Waals surface area contributed by atoms with Crippen molar-refractivity contribution >= 4 is 40.5 Å². The van der Waals surface area contributed by atoms with Crippen molar-refractivity contribution in [2.45, 2.75) is 18.5 Å². The molecule has 0 aliphatic heterocycles. The first-order valence-corrected chi connectivity index (χ1v) is 11.5. The summed E-state index contributed by atoms with van der Waals surface area (Å²) in [4.78, 5) is 39.7. The molecule has 0 fully saturated rings. The van der Waals surface area contributed by atoms with Gasteiger partial charge in [0.2, 0.25) is 0 Å². The van der Waals surface area contributed by atoms with E-state index in [9.17, 15) is 53.9 Å². The predicted molar refractivity (Wildman–Crippen MR) is 126 cm³/mol.